The topological polar surface area (TPSA) is 59.4 Å². The molecule has 0 unspecified atom stereocenters. The smallest absolute Gasteiger partial charge is 0.307 e. The van der Waals surface area contributed by atoms with E-state index in [2.05, 4.69) is 4.98 Å². The summed E-state index contributed by atoms with van der Waals surface area (Å²) in [5.74, 6) is -0.269. The number of pyridine rings is 1. The fourth-order valence-corrected chi connectivity index (χ4v) is 3.10. The fourth-order valence-electron chi connectivity index (χ4n) is 3.10. The summed E-state index contributed by atoms with van der Waals surface area (Å²) < 4.78 is 6.06. The predicted molar refractivity (Wildman–Crippen MR) is 101 cm³/mol. The number of fused-ring (bicyclic) bond motifs is 2. The Labute approximate surface area is 150 Å². The van der Waals surface area contributed by atoms with Gasteiger partial charge in [-0.3, -0.25) is 4.79 Å². The standard InChI is InChI=1S/C22H17NO3/c24-21(25)13-17-10-9-15-5-1-3-7-19(15)22(17)26-14-18-12-11-16-6-2-4-8-20(16)23-18/h1-12H,13-14H2,(H,24,25). The molecule has 4 nitrogen and oxygen atoms in total. The molecule has 0 saturated heterocycles. The van der Waals surface area contributed by atoms with Crippen molar-refractivity contribution in [3.63, 3.8) is 0 Å². The molecular weight excluding hydrogens is 326 g/mol. The van der Waals surface area contributed by atoms with E-state index in [0.29, 0.717) is 11.3 Å². The Morgan fingerprint density at radius 3 is 2.46 bits per heavy atom. The third-order valence-corrected chi connectivity index (χ3v) is 4.32. The molecule has 4 rings (SSSR count). The second-order valence-corrected chi connectivity index (χ2v) is 6.13. The van der Waals surface area contributed by atoms with Crippen molar-refractivity contribution in [3.05, 3.63) is 84.1 Å². The molecule has 0 aliphatic carbocycles. The van der Waals surface area contributed by atoms with Gasteiger partial charge in [0, 0.05) is 16.3 Å². The van der Waals surface area contributed by atoms with Crippen LogP contribution in [0.2, 0.25) is 0 Å². The van der Waals surface area contributed by atoms with Crippen molar-refractivity contribution in [1.82, 2.24) is 4.98 Å². The molecule has 0 amide bonds. The van der Waals surface area contributed by atoms with Crippen LogP contribution in [0.15, 0.2) is 72.8 Å². The van der Waals surface area contributed by atoms with Crippen molar-refractivity contribution in [2.75, 3.05) is 0 Å². The Morgan fingerprint density at radius 1 is 0.885 bits per heavy atom. The first-order chi connectivity index (χ1) is 12.7. The molecule has 4 aromatic rings. The molecule has 0 bridgehead atoms. The van der Waals surface area contributed by atoms with Crippen LogP contribution in [-0.2, 0) is 17.8 Å². The van der Waals surface area contributed by atoms with Gasteiger partial charge in [0.05, 0.1) is 17.6 Å². The van der Waals surface area contributed by atoms with Crippen molar-refractivity contribution >= 4 is 27.6 Å². The molecule has 0 aliphatic heterocycles. The maximum Gasteiger partial charge on any atom is 0.307 e. The van der Waals surface area contributed by atoms with Gasteiger partial charge in [-0.25, -0.2) is 4.98 Å². The number of hydrogen-bond acceptors (Lipinski definition) is 3. The van der Waals surface area contributed by atoms with E-state index in [1.807, 2.05) is 72.8 Å². The number of carboxylic acids is 1. The summed E-state index contributed by atoms with van der Waals surface area (Å²) in [5, 5.41) is 12.2. The molecule has 0 spiro atoms. The molecule has 1 heterocycles. The third-order valence-electron chi connectivity index (χ3n) is 4.32. The highest BCUT2D eigenvalue weighted by Crippen LogP contribution is 2.31. The molecular formula is C22H17NO3. The minimum atomic E-state index is -0.881. The number of ether oxygens (including phenoxy) is 1. The Bertz CT molecular complexity index is 1100. The third kappa shape index (κ3) is 3.22. The van der Waals surface area contributed by atoms with Crippen LogP contribution in [0.1, 0.15) is 11.3 Å². The van der Waals surface area contributed by atoms with Gasteiger partial charge in [0.1, 0.15) is 12.4 Å². The minimum absolute atomic E-state index is 0.0781. The molecule has 3 aromatic carbocycles. The van der Waals surface area contributed by atoms with Gasteiger partial charge in [-0.15, -0.1) is 0 Å². The van der Waals surface area contributed by atoms with Crippen LogP contribution in [0.25, 0.3) is 21.7 Å². The van der Waals surface area contributed by atoms with E-state index >= 15 is 0 Å². The van der Waals surface area contributed by atoms with E-state index in [4.69, 9.17) is 4.74 Å². The van der Waals surface area contributed by atoms with Gasteiger partial charge < -0.3 is 9.84 Å². The number of para-hydroxylation sites is 1. The summed E-state index contributed by atoms with van der Waals surface area (Å²) in [6.45, 7) is 0.283. The number of benzene rings is 3. The molecule has 4 heteroatoms. The van der Waals surface area contributed by atoms with E-state index in [1.165, 1.54) is 0 Å². The van der Waals surface area contributed by atoms with E-state index < -0.39 is 5.97 Å². The minimum Gasteiger partial charge on any atom is -0.486 e. The summed E-state index contributed by atoms with van der Waals surface area (Å²) in [5.41, 5.74) is 2.38. The molecule has 1 aromatic heterocycles. The van der Waals surface area contributed by atoms with Crippen LogP contribution in [0, 0.1) is 0 Å². The zero-order valence-electron chi connectivity index (χ0n) is 14.1. The van der Waals surface area contributed by atoms with Gasteiger partial charge in [-0.1, -0.05) is 60.7 Å². The average Bonchev–Trinajstić information content (AvgIpc) is 2.66. The zero-order valence-corrected chi connectivity index (χ0v) is 14.1. The Hall–Kier alpha value is -3.40. The van der Waals surface area contributed by atoms with Crippen molar-refractivity contribution in [2.24, 2.45) is 0 Å². The maximum atomic E-state index is 11.2. The lowest BCUT2D eigenvalue weighted by Crippen LogP contribution is -2.05. The lowest BCUT2D eigenvalue weighted by molar-refractivity contribution is -0.136. The van der Waals surface area contributed by atoms with E-state index in [1.54, 1.807) is 0 Å². The van der Waals surface area contributed by atoms with Gasteiger partial charge >= 0.3 is 5.97 Å². The van der Waals surface area contributed by atoms with Crippen LogP contribution < -0.4 is 4.74 Å². The number of aromatic nitrogens is 1. The van der Waals surface area contributed by atoms with Crippen LogP contribution in [0.5, 0.6) is 5.75 Å². The normalized spacial score (nSPS) is 10.9. The van der Waals surface area contributed by atoms with Crippen molar-refractivity contribution in [3.8, 4) is 5.75 Å². The largest absolute Gasteiger partial charge is 0.486 e. The molecule has 0 saturated carbocycles. The van der Waals surface area contributed by atoms with Gasteiger partial charge in [-0.05, 0) is 17.5 Å². The van der Waals surface area contributed by atoms with Crippen molar-refractivity contribution in [1.29, 1.82) is 0 Å². The van der Waals surface area contributed by atoms with Crippen molar-refractivity contribution in [2.45, 2.75) is 13.0 Å². The Balaban J connectivity index is 1.69. The number of hydrogen-bond donors (Lipinski definition) is 1. The number of nitrogens with zero attached hydrogens (tertiary/aromatic N) is 1. The first-order valence-corrected chi connectivity index (χ1v) is 8.40. The predicted octanol–water partition coefficient (Wildman–Crippen LogP) is 4.59. The van der Waals surface area contributed by atoms with Crippen LogP contribution >= 0.6 is 0 Å². The zero-order chi connectivity index (χ0) is 17.9. The lowest BCUT2D eigenvalue weighted by atomic mass is 10.0. The highest BCUT2D eigenvalue weighted by Gasteiger charge is 2.12. The van der Waals surface area contributed by atoms with Gasteiger partial charge in [0.25, 0.3) is 0 Å². The number of carboxylic acid groups (broad SMARTS) is 1. The summed E-state index contributed by atoms with van der Waals surface area (Å²) in [6.07, 6.45) is -0.0781. The monoisotopic (exact) mass is 343 g/mol. The first kappa shape index (κ1) is 16.1. The molecule has 0 radical (unpaired) electrons. The molecule has 0 atom stereocenters. The Kier molecular flexibility index (Phi) is 4.23. The Morgan fingerprint density at radius 2 is 1.62 bits per heavy atom. The molecule has 26 heavy (non-hydrogen) atoms. The summed E-state index contributed by atoms with van der Waals surface area (Å²) in [7, 11) is 0. The number of rotatable bonds is 5. The average molecular weight is 343 g/mol. The highest BCUT2D eigenvalue weighted by atomic mass is 16.5. The SMILES string of the molecule is O=C(O)Cc1ccc2ccccc2c1OCc1ccc2ccccc2n1. The van der Waals surface area contributed by atoms with Gasteiger partial charge in [0.15, 0.2) is 0 Å². The fraction of sp³-hybridized carbons (Fsp3) is 0.0909. The quantitative estimate of drug-likeness (QED) is 0.575. The summed E-state index contributed by atoms with van der Waals surface area (Å²) >= 11 is 0. The summed E-state index contributed by atoms with van der Waals surface area (Å²) in [4.78, 5) is 15.8. The first-order valence-electron chi connectivity index (χ1n) is 8.40. The summed E-state index contributed by atoms with van der Waals surface area (Å²) in [6, 6.07) is 23.4. The van der Waals surface area contributed by atoms with Crippen LogP contribution in [0.3, 0.4) is 0 Å². The van der Waals surface area contributed by atoms with E-state index in [0.717, 1.165) is 27.4 Å². The lowest BCUT2D eigenvalue weighted by Gasteiger charge is -2.14. The number of aliphatic carboxylic acids is 1. The van der Waals surface area contributed by atoms with Gasteiger partial charge in [-0.2, -0.15) is 0 Å². The highest BCUT2D eigenvalue weighted by molar-refractivity contribution is 5.90. The van der Waals surface area contributed by atoms with E-state index in [-0.39, 0.29) is 13.0 Å². The second-order valence-electron chi connectivity index (χ2n) is 6.13. The molecule has 128 valence electrons. The van der Waals surface area contributed by atoms with Crippen LogP contribution in [0.4, 0.5) is 0 Å². The molecule has 0 aliphatic rings. The van der Waals surface area contributed by atoms with E-state index in [9.17, 15) is 9.90 Å². The van der Waals surface area contributed by atoms with Crippen molar-refractivity contribution < 1.29 is 14.6 Å². The molecule has 1 N–H and O–H groups in total. The number of carbonyl (C=O) groups is 1. The second kappa shape index (κ2) is 6.84. The molecule has 0 fully saturated rings. The van der Waals surface area contributed by atoms with Crippen LogP contribution in [-0.4, -0.2) is 16.1 Å². The maximum absolute atomic E-state index is 11.2. The van der Waals surface area contributed by atoms with Gasteiger partial charge in [0.2, 0.25) is 0 Å².